The standard InChI is InChI=1S/C13H13ClN2O2/c1-18-13(17)10-6-9-4-5-11(14)15-12(9)16(10)7-8-2-3-8/h4-6,8H,2-3,7H2,1H3. The molecule has 18 heavy (non-hydrogen) atoms. The summed E-state index contributed by atoms with van der Waals surface area (Å²) in [7, 11) is 1.39. The quantitative estimate of drug-likeness (QED) is 0.632. The van der Waals surface area contributed by atoms with E-state index in [1.54, 1.807) is 6.07 Å². The summed E-state index contributed by atoms with van der Waals surface area (Å²) >= 11 is 5.92. The second kappa shape index (κ2) is 4.28. The van der Waals surface area contributed by atoms with Gasteiger partial charge in [-0.05, 0) is 37.0 Å². The lowest BCUT2D eigenvalue weighted by Gasteiger charge is -2.07. The van der Waals surface area contributed by atoms with Crippen molar-refractivity contribution in [3.05, 3.63) is 29.0 Å². The highest BCUT2D eigenvalue weighted by molar-refractivity contribution is 6.29. The van der Waals surface area contributed by atoms with Crippen molar-refractivity contribution in [3.63, 3.8) is 0 Å². The van der Waals surface area contributed by atoms with Crippen LogP contribution in [0.15, 0.2) is 18.2 Å². The molecule has 0 amide bonds. The van der Waals surface area contributed by atoms with Gasteiger partial charge in [-0.2, -0.15) is 0 Å². The van der Waals surface area contributed by atoms with E-state index in [4.69, 9.17) is 16.3 Å². The SMILES string of the molecule is COC(=O)c1cc2ccc(Cl)nc2n1CC1CC1. The third-order valence-corrected chi connectivity index (χ3v) is 3.45. The summed E-state index contributed by atoms with van der Waals surface area (Å²) in [6.07, 6.45) is 2.42. The van der Waals surface area contributed by atoms with Crippen LogP contribution in [0.4, 0.5) is 0 Å². The Bertz CT molecular complexity index is 617. The number of aromatic nitrogens is 2. The van der Waals surface area contributed by atoms with Gasteiger partial charge in [0.25, 0.3) is 0 Å². The second-order valence-electron chi connectivity index (χ2n) is 4.62. The fraction of sp³-hybridized carbons (Fsp3) is 0.385. The Balaban J connectivity index is 2.16. The van der Waals surface area contributed by atoms with Crippen LogP contribution in [-0.4, -0.2) is 22.6 Å². The summed E-state index contributed by atoms with van der Waals surface area (Å²) in [5, 5.41) is 1.36. The van der Waals surface area contributed by atoms with Crippen molar-refractivity contribution in [2.45, 2.75) is 19.4 Å². The zero-order valence-corrected chi connectivity index (χ0v) is 10.8. The molecule has 94 valence electrons. The molecule has 0 radical (unpaired) electrons. The highest BCUT2D eigenvalue weighted by Gasteiger charge is 2.26. The maximum Gasteiger partial charge on any atom is 0.354 e. The number of carbonyl (C=O) groups excluding carboxylic acids is 1. The van der Waals surface area contributed by atoms with E-state index in [0.29, 0.717) is 16.8 Å². The van der Waals surface area contributed by atoms with E-state index in [1.165, 1.54) is 20.0 Å². The first-order valence-electron chi connectivity index (χ1n) is 5.93. The van der Waals surface area contributed by atoms with Crippen molar-refractivity contribution in [1.82, 2.24) is 9.55 Å². The topological polar surface area (TPSA) is 44.1 Å². The Morgan fingerprint density at radius 2 is 2.33 bits per heavy atom. The molecule has 1 saturated carbocycles. The van der Waals surface area contributed by atoms with Gasteiger partial charge in [-0.25, -0.2) is 9.78 Å². The van der Waals surface area contributed by atoms with Crippen LogP contribution < -0.4 is 0 Å². The average molecular weight is 265 g/mol. The van der Waals surface area contributed by atoms with Gasteiger partial charge in [-0.3, -0.25) is 0 Å². The predicted molar refractivity (Wildman–Crippen MR) is 68.8 cm³/mol. The molecule has 2 heterocycles. The summed E-state index contributed by atoms with van der Waals surface area (Å²) in [5.41, 5.74) is 1.31. The fourth-order valence-electron chi connectivity index (χ4n) is 2.12. The molecule has 2 aromatic rings. The molecule has 4 nitrogen and oxygen atoms in total. The normalized spacial score (nSPS) is 15.0. The molecule has 1 aliphatic carbocycles. The minimum absolute atomic E-state index is 0.329. The van der Waals surface area contributed by atoms with Crippen LogP contribution in [0.25, 0.3) is 11.0 Å². The Labute approximate surface area is 110 Å². The molecule has 0 aliphatic heterocycles. The number of fused-ring (bicyclic) bond motifs is 1. The highest BCUT2D eigenvalue weighted by atomic mass is 35.5. The Morgan fingerprint density at radius 3 is 3.00 bits per heavy atom. The summed E-state index contributed by atoms with van der Waals surface area (Å²) in [6.45, 7) is 0.807. The smallest absolute Gasteiger partial charge is 0.354 e. The number of rotatable bonds is 3. The summed E-state index contributed by atoms with van der Waals surface area (Å²) in [6, 6.07) is 5.42. The summed E-state index contributed by atoms with van der Waals surface area (Å²) in [4.78, 5) is 16.1. The molecule has 0 aromatic carbocycles. The van der Waals surface area contributed by atoms with Gasteiger partial charge in [0.1, 0.15) is 16.5 Å². The average Bonchev–Trinajstić information content (AvgIpc) is 3.11. The Morgan fingerprint density at radius 1 is 1.56 bits per heavy atom. The molecule has 2 aromatic heterocycles. The van der Waals surface area contributed by atoms with Crippen LogP contribution in [-0.2, 0) is 11.3 Å². The van der Waals surface area contributed by atoms with Gasteiger partial charge in [0.2, 0.25) is 0 Å². The van der Waals surface area contributed by atoms with Crippen molar-refractivity contribution < 1.29 is 9.53 Å². The lowest BCUT2D eigenvalue weighted by Crippen LogP contribution is -2.12. The Kier molecular flexibility index (Phi) is 2.74. The van der Waals surface area contributed by atoms with E-state index in [-0.39, 0.29) is 5.97 Å². The number of halogens is 1. The maximum atomic E-state index is 11.8. The van der Waals surface area contributed by atoms with E-state index >= 15 is 0 Å². The molecule has 0 unspecified atom stereocenters. The number of ether oxygens (including phenoxy) is 1. The molecule has 1 aliphatic rings. The van der Waals surface area contributed by atoms with Crippen LogP contribution in [0.5, 0.6) is 0 Å². The van der Waals surface area contributed by atoms with Crippen LogP contribution in [0.2, 0.25) is 5.15 Å². The Hall–Kier alpha value is -1.55. The van der Waals surface area contributed by atoms with Crippen molar-refractivity contribution >= 4 is 28.6 Å². The first-order chi connectivity index (χ1) is 8.69. The van der Waals surface area contributed by atoms with E-state index in [9.17, 15) is 4.79 Å². The van der Waals surface area contributed by atoms with Crippen molar-refractivity contribution in [3.8, 4) is 0 Å². The third kappa shape index (κ3) is 1.97. The maximum absolute atomic E-state index is 11.8. The van der Waals surface area contributed by atoms with Gasteiger partial charge in [0, 0.05) is 11.9 Å². The predicted octanol–water partition coefficient (Wildman–Crippen LogP) is 2.89. The molecule has 0 atom stereocenters. The number of carbonyl (C=O) groups is 1. The molecular formula is C13H13ClN2O2. The highest BCUT2D eigenvalue weighted by Crippen LogP contribution is 2.33. The third-order valence-electron chi connectivity index (χ3n) is 3.24. The van der Waals surface area contributed by atoms with Gasteiger partial charge < -0.3 is 9.30 Å². The van der Waals surface area contributed by atoms with Crippen LogP contribution in [0.3, 0.4) is 0 Å². The van der Waals surface area contributed by atoms with Gasteiger partial charge >= 0.3 is 5.97 Å². The van der Waals surface area contributed by atoms with Gasteiger partial charge in [-0.1, -0.05) is 11.6 Å². The van der Waals surface area contributed by atoms with Crippen molar-refractivity contribution in [2.24, 2.45) is 5.92 Å². The number of hydrogen-bond donors (Lipinski definition) is 0. The molecule has 0 bridgehead atoms. The molecule has 0 spiro atoms. The second-order valence-corrected chi connectivity index (χ2v) is 5.01. The number of hydrogen-bond acceptors (Lipinski definition) is 3. The molecular weight excluding hydrogens is 252 g/mol. The number of methoxy groups -OCH3 is 1. The monoisotopic (exact) mass is 264 g/mol. The van der Waals surface area contributed by atoms with Crippen molar-refractivity contribution in [2.75, 3.05) is 7.11 Å². The lowest BCUT2D eigenvalue weighted by molar-refractivity contribution is 0.0588. The van der Waals surface area contributed by atoms with Crippen LogP contribution >= 0.6 is 11.6 Å². The minimum atomic E-state index is -0.329. The zero-order chi connectivity index (χ0) is 12.7. The molecule has 1 fully saturated rings. The molecule has 0 saturated heterocycles. The van der Waals surface area contributed by atoms with E-state index in [2.05, 4.69) is 4.98 Å². The zero-order valence-electron chi connectivity index (χ0n) is 10.0. The largest absolute Gasteiger partial charge is 0.464 e. The van der Waals surface area contributed by atoms with Crippen molar-refractivity contribution in [1.29, 1.82) is 0 Å². The van der Waals surface area contributed by atoms with Gasteiger partial charge in [0.15, 0.2) is 0 Å². The summed E-state index contributed by atoms with van der Waals surface area (Å²) in [5.74, 6) is 0.314. The van der Waals surface area contributed by atoms with E-state index in [1.807, 2.05) is 16.7 Å². The molecule has 5 heteroatoms. The lowest BCUT2D eigenvalue weighted by atomic mass is 10.3. The van der Waals surface area contributed by atoms with E-state index < -0.39 is 0 Å². The fourth-order valence-corrected chi connectivity index (χ4v) is 2.26. The molecule has 0 N–H and O–H groups in total. The minimum Gasteiger partial charge on any atom is -0.464 e. The first-order valence-corrected chi connectivity index (χ1v) is 6.31. The first kappa shape index (κ1) is 11.5. The molecule has 3 rings (SSSR count). The number of pyridine rings is 1. The van der Waals surface area contributed by atoms with Gasteiger partial charge in [-0.15, -0.1) is 0 Å². The number of esters is 1. The van der Waals surface area contributed by atoms with E-state index in [0.717, 1.165) is 17.6 Å². The summed E-state index contributed by atoms with van der Waals surface area (Å²) < 4.78 is 6.74. The van der Waals surface area contributed by atoms with Crippen LogP contribution in [0.1, 0.15) is 23.3 Å². The van der Waals surface area contributed by atoms with Gasteiger partial charge in [0.05, 0.1) is 7.11 Å². The van der Waals surface area contributed by atoms with Crippen LogP contribution in [0, 0.1) is 5.92 Å². The number of nitrogens with zero attached hydrogens (tertiary/aromatic N) is 2.